The Morgan fingerprint density at radius 2 is 2.00 bits per heavy atom. The summed E-state index contributed by atoms with van der Waals surface area (Å²) in [7, 11) is -3.61. The largest absolute Gasteiger partial charge is 0.339 e. The van der Waals surface area contributed by atoms with E-state index in [1.807, 2.05) is 27.7 Å². The maximum Gasteiger partial charge on any atom is 0.257 e. The predicted molar refractivity (Wildman–Crippen MR) is 80.0 cm³/mol. The first kappa shape index (κ1) is 16.6. The first-order chi connectivity index (χ1) is 10.3. The molecule has 0 radical (unpaired) electrons. The molecular weight excluding hydrogens is 306 g/mol. The highest BCUT2D eigenvalue weighted by atomic mass is 32.2. The molecule has 2 aromatic rings. The number of nitrogens with zero attached hydrogens (tertiary/aromatic N) is 3. The number of aromatic nitrogens is 4. The van der Waals surface area contributed by atoms with Crippen molar-refractivity contribution in [2.24, 2.45) is 0 Å². The molecule has 0 bridgehead atoms. The molecule has 122 valence electrons. The van der Waals surface area contributed by atoms with Gasteiger partial charge in [-0.15, -0.1) is 0 Å². The van der Waals surface area contributed by atoms with Crippen LogP contribution in [-0.4, -0.2) is 35.1 Å². The molecule has 9 heteroatoms. The van der Waals surface area contributed by atoms with E-state index in [0.29, 0.717) is 24.0 Å². The van der Waals surface area contributed by atoms with Gasteiger partial charge in [0.25, 0.3) is 10.0 Å². The summed E-state index contributed by atoms with van der Waals surface area (Å²) >= 11 is 0. The van der Waals surface area contributed by atoms with Crippen LogP contribution in [0.15, 0.2) is 15.7 Å². The fourth-order valence-electron chi connectivity index (χ4n) is 1.72. The minimum Gasteiger partial charge on any atom is -0.339 e. The molecule has 0 fully saturated rings. The van der Waals surface area contributed by atoms with Gasteiger partial charge in [0.15, 0.2) is 10.9 Å². The van der Waals surface area contributed by atoms with E-state index in [0.717, 1.165) is 0 Å². The highest BCUT2D eigenvalue weighted by Crippen LogP contribution is 2.13. The van der Waals surface area contributed by atoms with Gasteiger partial charge in [0.05, 0.1) is 6.20 Å². The van der Waals surface area contributed by atoms with Crippen LogP contribution in [0.4, 0.5) is 0 Å². The quantitative estimate of drug-likeness (QED) is 0.797. The van der Waals surface area contributed by atoms with Crippen LogP contribution in [0.3, 0.4) is 0 Å². The molecule has 0 unspecified atom stereocenters. The van der Waals surface area contributed by atoms with E-state index >= 15 is 0 Å². The zero-order valence-corrected chi connectivity index (χ0v) is 13.9. The summed E-state index contributed by atoms with van der Waals surface area (Å²) in [5.41, 5.74) is 0. The highest BCUT2D eigenvalue weighted by Gasteiger charge is 2.18. The lowest BCUT2D eigenvalue weighted by Gasteiger charge is -2.03. The van der Waals surface area contributed by atoms with Crippen molar-refractivity contribution in [2.45, 2.75) is 51.0 Å². The molecule has 2 rings (SSSR count). The first-order valence-electron chi connectivity index (χ1n) is 7.16. The van der Waals surface area contributed by atoms with Gasteiger partial charge in [0.1, 0.15) is 5.82 Å². The second-order valence-corrected chi connectivity index (χ2v) is 7.37. The minimum atomic E-state index is -3.61. The Labute approximate surface area is 129 Å². The summed E-state index contributed by atoms with van der Waals surface area (Å²) in [6.45, 7) is 7.97. The van der Waals surface area contributed by atoms with Crippen LogP contribution in [0.5, 0.6) is 0 Å². The van der Waals surface area contributed by atoms with Crippen molar-refractivity contribution in [3.8, 4) is 0 Å². The van der Waals surface area contributed by atoms with Gasteiger partial charge in [-0.3, -0.25) is 0 Å². The van der Waals surface area contributed by atoms with Crippen molar-refractivity contribution in [1.82, 2.24) is 24.8 Å². The Bertz CT molecular complexity index is 718. The summed E-state index contributed by atoms with van der Waals surface area (Å²) in [4.78, 5) is 11.1. The van der Waals surface area contributed by atoms with Crippen molar-refractivity contribution < 1.29 is 12.9 Å². The number of aromatic amines is 1. The van der Waals surface area contributed by atoms with Gasteiger partial charge in [-0.1, -0.05) is 32.9 Å². The third kappa shape index (κ3) is 3.92. The van der Waals surface area contributed by atoms with Gasteiger partial charge >= 0.3 is 0 Å². The van der Waals surface area contributed by atoms with Gasteiger partial charge in [0.2, 0.25) is 5.89 Å². The lowest BCUT2D eigenvalue weighted by molar-refractivity contribution is 0.371. The van der Waals surface area contributed by atoms with Crippen LogP contribution in [0.1, 0.15) is 57.1 Å². The van der Waals surface area contributed by atoms with Crippen molar-refractivity contribution in [3.63, 3.8) is 0 Å². The normalized spacial score (nSPS) is 12.5. The molecule has 0 amide bonds. The lowest BCUT2D eigenvalue weighted by Crippen LogP contribution is -2.26. The summed E-state index contributed by atoms with van der Waals surface area (Å²) in [6, 6.07) is 0. The zero-order chi connectivity index (χ0) is 16.3. The number of hydrogen-bond donors (Lipinski definition) is 2. The molecule has 2 heterocycles. The minimum absolute atomic E-state index is 0.0598. The van der Waals surface area contributed by atoms with E-state index in [4.69, 9.17) is 4.52 Å². The zero-order valence-electron chi connectivity index (χ0n) is 13.1. The average Bonchev–Trinajstić information content (AvgIpc) is 3.07. The maximum absolute atomic E-state index is 12.1. The Morgan fingerprint density at radius 3 is 2.55 bits per heavy atom. The smallest absolute Gasteiger partial charge is 0.257 e. The van der Waals surface area contributed by atoms with Gasteiger partial charge < -0.3 is 9.51 Å². The third-order valence-corrected chi connectivity index (χ3v) is 4.41. The third-order valence-electron chi connectivity index (χ3n) is 3.04. The lowest BCUT2D eigenvalue weighted by atomic mass is 10.2. The summed E-state index contributed by atoms with van der Waals surface area (Å²) in [6.07, 6.45) is 1.66. The highest BCUT2D eigenvalue weighted by molar-refractivity contribution is 7.89. The molecule has 2 N–H and O–H groups in total. The van der Waals surface area contributed by atoms with Gasteiger partial charge in [0, 0.05) is 24.8 Å². The first-order valence-corrected chi connectivity index (χ1v) is 8.65. The molecule has 0 saturated carbocycles. The number of nitrogens with one attached hydrogen (secondary N) is 2. The Kier molecular flexibility index (Phi) is 4.97. The molecule has 0 aliphatic heterocycles. The molecule has 22 heavy (non-hydrogen) atoms. The maximum atomic E-state index is 12.1. The van der Waals surface area contributed by atoms with Gasteiger partial charge in [-0.05, 0) is 0 Å². The van der Waals surface area contributed by atoms with Crippen LogP contribution >= 0.6 is 0 Å². The van der Waals surface area contributed by atoms with E-state index < -0.39 is 10.0 Å². The molecule has 0 aliphatic rings. The standard InChI is InChI=1S/C13H21N5O3S/c1-8(2)12-14-7-11(17-12)22(19,20)15-6-5-10-16-13(9(3)4)18-21-10/h7-9,15H,5-6H2,1-4H3,(H,14,17). The van der Waals surface area contributed by atoms with Gasteiger partial charge in [-0.2, -0.15) is 4.98 Å². The number of rotatable bonds is 7. The number of imidazole rings is 1. The van der Waals surface area contributed by atoms with E-state index in [2.05, 4.69) is 24.8 Å². The summed E-state index contributed by atoms with van der Waals surface area (Å²) in [5.74, 6) is 1.98. The van der Waals surface area contributed by atoms with Crippen LogP contribution in [0, 0.1) is 0 Å². The van der Waals surface area contributed by atoms with Crippen LogP contribution in [-0.2, 0) is 16.4 Å². The monoisotopic (exact) mass is 327 g/mol. The molecule has 0 saturated heterocycles. The molecular formula is C13H21N5O3S. The van der Waals surface area contributed by atoms with E-state index in [-0.39, 0.29) is 23.4 Å². The van der Waals surface area contributed by atoms with Crippen LogP contribution < -0.4 is 4.72 Å². The molecule has 0 aliphatic carbocycles. The van der Waals surface area contributed by atoms with Crippen molar-refractivity contribution >= 4 is 10.0 Å². The molecule has 8 nitrogen and oxygen atoms in total. The second-order valence-electron chi connectivity index (χ2n) is 5.64. The molecule has 0 aromatic carbocycles. The number of H-pyrrole nitrogens is 1. The van der Waals surface area contributed by atoms with E-state index in [1.165, 1.54) is 6.20 Å². The van der Waals surface area contributed by atoms with E-state index in [1.54, 1.807) is 0 Å². The summed E-state index contributed by atoms with van der Waals surface area (Å²) < 4.78 is 31.8. The van der Waals surface area contributed by atoms with Crippen molar-refractivity contribution in [3.05, 3.63) is 23.7 Å². The average molecular weight is 327 g/mol. The predicted octanol–water partition coefficient (Wildman–Crippen LogP) is 1.56. The molecule has 0 atom stereocenters. The number of sulfonamides is 1. The van der Waals surface area contributed by atoms with Crippen molar-refractivity contribution in [1.29, 1.82) is 0 Å². The molecule has 2 aromatic heterocycles. The van der Waals surface area contributed by atoms with Crippen molar-refractivity contribution in [2.75, 3.05) is 6.54 Å². The summed E-state index contributed by atoms with van der Waals surface area (Å²) in [5, 5.41) is 3.89. The van der Waals surface area contributed by atoms with Gasteiger partial charge in [-0.25, -0.2) is 18.1 Å². The number of hydrogen-bond acceptors (Lipinski definition) is 6. The topological polar surface area (TPSA) is 114 Å². The Hall–Kier alpha value is -1.74. The van der Waals surface area contributed by atoms with Crippen LogP contribution in [0.2, 0.25) is 0 Å². The SMILES string of the molecule is CC(C)c1noc(CCNS(=O)(=O)c2cnc(C(C)C)[nH]2)n1. The fourth-order valence-corrected chi connectivity index (χ4v) is 2.68. The van der Waals surface area contributed by atoms with Crippen LogP contribution in [0.25, 0.3) is 0 Å². The van der Waals surface area contributed by atoms with E-state index in [9.17, 15) is 8.42 Å². The second kappa shape index (κ2) is 6.57. The molecule has 0 spiro atoms. The Balaban J connectivity index is 1.94. The fraction of sp³-hybridized carbons (Fsp3) is 0.615. The Morgan fingerprint density at radius 1 is 1.27 bits per heavy atom.